The van der Waals surface area contributed by atoms with Gasteiger partial charge in [-0.2, -0.15) is 0 Å². The first-order valence-corrected chi connectivity index (χ1v) is 5.11. The molecule has 0 fully saturated rings. The summed E-state index contributed by atoms with van der Waals surface area (Å²) in [5.74, 6) is 0. The SMILES string of the molecule is C[C@H](O)[C@H](N)c1ccc2ccccc2c1.Cl. The van der Waals surface area contributed by atoms with Crippen molar-refractivity contribution in [2.24, 2.45) is 5.73 Å². The van der Waals surface area contributed by atoms with Gasteiger partial charge in [-0.1, -0.05) is 36.4 Å². The third-order valence-corrected chi connectivity index (χ3v) is 2.68. The Kier molecular flexibility index (Phi) is 4.30. The van der Waals surface area contributed by atoms with Crippen molar-refractivity contribution >= 4 is 23.2 Å². The number of hydrogen-bond acceptors (Lipinski definition) is 2. The highest BCUT2D eigenvalue weighted by Gasteiger charge is 2.11. The van der Waals surface area contributed by atoms with E-state index >= 15 is 0 Å². The molecule has 0 aromatic heterocycles. The molecule has 0 unspecified atom stereocenters. The molecule has 0 heterocycles. The summed E-state index contributed by atoms with van der Waals surface area (Å²) in [5, 5.41) is 11.8. The normalized spacial score (nSPS) is 14.2. The molecule has 2 aromatic carbocycles. The van der Waals surface area contributed by atoms with Crippen LogP contribution in [0.25, 0.3) is 10.8 Å². The molecule has 0 saturated heterocycles. The summed E-state index contributed by atoms with van der Waals surface area (Å²) in [6.45, 7) is 1.71. The summed E-state index contributed by atoms with van der Waals surface area (Å²) in [6.07, 6.45) is -0.522. The van der Waals surface area contributed by atoms with Gasteiger partial charge in [0.15, 0.2) is 0 Å². The Morgan fingerprint density at radius 2 is 1.69 bits per heavy atom. The Hall–Kier alpha value is -1.09. The Labute approximate surface area is 101 Å². The molecule has 0 aliphatic carbocycles. The van der Waals surface area contributed by atoms with Crippen molar-refractivity contribution in [2.75, 3.05) is 0 Å². The average molecular weight is 238 g/mol. The summed E-state index contributed by atoms with van der Waals surface area (Å²) in [4.78, 5) is 0. The molecule has 0 amide bonds. The van der Waals surface area contributed by atoms with Gasteiger partial charge in [-0.15, -0.1) is 12.4 Å². The first-order valence-electron chi connectivity index (χ1n) is 5.11. The molecule has 16 heavy (non-hydrogen) atoms. The van der Waals surface area contributed by atoms with Crippen LogP contribution < -0.4 is 5.73 Å². The van der Waals surface area contributed by atoms with Crippen LogP contribution in [0.2, 0.25) is 0 Å². The zero-order valence-electron chi connectivity index (χ0n) is 9.13. The highest BCUT2D eigenvalue weighted by molar-refractivity contribution is 5.85. The predicted molar refractivity (Wildman–Crippen MR) is 69.8 cm³/mol. The van der Waals surface area contributed by atoms with E-state index in [4.69, 9.17) is 5.73 Å². The van der Waals surface area contributed by atoms with E-state index in [1.54, 1.807) is 6.92 Å². The predicted octanol–water partition coefficient (Wildman–Crippen LogP) is 2.64. The minimum atomic E-state index is -0.522. The first-order chi connectivity index (χ1) is 7.18. The number of aliphatic hydroxyl groups excluding tert-OH is 1. The van der Waals surface area contributed by atoms with Crippen LogP contribution in [0.4, 0.5) is 0 Å². The van der Waals surface area contributed by atoms with Crippen LogP contribution in [-0.4, -0.2) is 11.2 Å². The summed E-state index contributed by atoms with van der Waals surface area (Å²) in [5.41, 5.74) is 6.85. The molecule has 3 heteroatoms. The summed E-state index contributed by atoms with van der Waals surface area (Å²) >= 11 is 0. The molecule has 2 nitrogen and oxygen atoms in total. The van der Waals surface area contributed by atoms with Crippen molar-refractivity contribution in [3.63, 3.8) is 0 Å². The summed E-state index contributed by atoms with van der Waals surface area (Å²) < 4.78 is 0. The molecule has 2 aromatic rings. The minimum Gasteiger partial charge on any atom is -0.391 e. The fourth-order valence-electron chi connectivity index (χ4n) is 1.69. The lowest BCUT2D eigenvalue weighted by molar-refractivity contribution is 0.164. The van der Waals surface area contributed by atoms with Crippen LogP contribution >= 0.6 is 12.4 Å². The van der Waals surface area contributed by atoms with Crippen molar-refractivity contribution in [3.05, 3.63) is 48.0 Å². The number of nitrogens with two attached hydrogens (primary N) is 1. The first kappa shape index (κ1) is 13.0. The van der Waals surface area contributed by atoms with E-state index in [2.05, 4.69) is 6.07 Å². The maximum absolute atomic E-state index is 9.42. The Morgan fingerprint density at radius 3 is 2.31 bits per heavy atom. The van der Waals surface area contributed by atoms with Crippen LogP contribution in [0, 0.1) is 0 Å². The molecule has 0 aliphatic heterocycles. The van der Waals surface area contributed by atoms with Gasteiger partial charge in [0.05, 0.1) is 12.1 Å². The molecule has 0 saturated carbocycles. The topological polar surface area (TPSA) is 46.2 Å². The Balaban J connectivity index is 0.00000128. The van der Waals surface area contributed by atoms with Gasteiger partial charge in [0.25, 0.3) is 0 Å². The van der Waals surface area contributed by atoms with Gasteiger partial charge in [0.2, 0.25) is 0 Å². The fraction of sp³-hybridized carbons (Fsp3) is 0.231. The second-order valence-corrected chi connectivity index (χ2v) is 3.87. The van der Waals surface area contributed by atoms with Crippen LogP contribution in [-0.2, 0) is 0 Å². The summed E-state index contributed by atoms with van der Waals surface area (Å²) in [7, 11) is 0. The Morgan fingerprint density at radius 1 is 1.06 bits per heavy atom. The number of hydrogen-bond donors (Lipinski definition) is 2. The Bertz CT molecular complexity index is 470. The maximum atomic E-state index is 9.42. The van der Waals surface area contributed by atoms with Gasteiger partial charge in [0, 0.05) is 0 Å². The van der Waals surface area contributed by atoms with E-state index in [0.717, 1.165) is 10.9 Å². The lowest BCUT2D eigenvalue weighted by atomic mass is 10.00. The molecule has 0 spiro atoms. The van der Waals surface area contributed by atoms with Crippen molar-refractivity contribution in [1.29, 1.82) is 0 Å². The van der Waals surface area contributed by atoms with Crippen molar-refractivity contribution < 1.29 is 5.11 Å². The third kappa shape index (κ3) is 2.53. The van der Waals surface area contributed by atoms with Gasteiger partial charge in [-0.05, 0) is 29.3 Å². The highest BCUT2D eigenvalue weighted by Crippen LogP contribution is 2.20. The molecule has 86 valence electrons. The maximum Gasteiger partial charge on any atom is 0.0704 e. The lowest BCUT2D eigenvalue weighted by Crippen LogP contribution is -2.22. The zero-order chi connectivity index (χ0) is 10.8. The molecule has 0 aliphatic rings. The van der Waals surface area contributed by atoms with E-state index in [1.165, 1.54) is 5.39 Å². The quantitative estimate of drug-likeness (QED) is 0.844. The van der Waals surface area contributed by atoms with E-state index in [9.17, 15) is 5.11 Å². The lowest BCUT2D eigenvalue weighted by Gasteiger charge is -2.15. The van der Waals surface area contributed by atoms with E-state index in [-0.39, 0.29) is 18.4 Å². The van der Waals surface area contributed by atoms with E-state index < -0.39 is 6.10 Å². The smallest absolute Gasteiger partial charge is 0.0704 e. The number of benzene rings is 2. The average Bonchev–Trinajstić information content (AvgIpc) is 2.27. The molecular weight excluding hydrogens is 222 g/mol. The van der Waals surface area contributed by atoms with Crippen LogP contribution in [0.15, 0.2) is 42.5 Å². The van der Waals surface area contributed by atoms with Gasteiger partial charge in [-0.3, -0.25) is 0 Å². The fourth-order valence-corrected chi connectivity index (χ4v) is 1.69. The second kappa shape index (κ2) is 5.30. The van der Waals surface area contributed by atoms with E-state index in [0.29, 0.717) is 0 Å². The molecule has 0 bridgehead atoms. The third-order valence-electron chi connectivity index (χ3n) is 2.68. The van der Waals surface area contributed by atoms with Crippen LogP contribution in [0.1, 0.15) is 18.5 Å². The van der Waals surface area contributed by atoms with Gasteiger partial charge in [-0.25, -0.2) is 0 Å². The zero-order valence-corrected chi connectivity index (χ0v) is 9.95. The van der Waals surface area contributed by atoms with Gasteiger partial charge in [0.1, 0.15) is 0 Å². The second-order valence-electron chi connectivity index (χ2n) is 3.87. The molecular formula is C13H16ClNO. The number of rotatable bonds is 2. The standard InChI is InChI=1S/C13H15NO.ClH/c1-9(15)13(14)12-7-6-10-4-2-3-5-11(10)8-12;/h2-9,13,15H,14H2,1H3;1H/t9-,13-;/m0./s1. The number of aliphatic hydroxyl groups is 1. The van der Waals surface area contributed by atoms with Crippen molar-refractivity contribution in [2.45, 2.75) is 19.1 Å². The van der Waals surface area contributed by atoms with Gasteiger partial charge < -0.3 is 10.8 Å². The van der Waals surface area contributed by atoms with Gasteiger partial charge >= 0.3 is 0 Å². The molecule has 2 rings (SSSR count). The summed E-state index contributed by atoms with van der Waals surface area (Å²) in [6, 6.07) is 13.9. The monoisotopic (exact) mass is 237 g/mol. The molecule has 3 N–H and O–H groups in total. The number of halogens is 1. The minimum absolute atomic E-state index is 0. The highest BCUT2D eigenvalue weighted by atomic mass is 35.5. The largest absolute Gasteiger partial charge is 0.391 e. The van der Waals surface area contributed by atoms with Crippen molar-refractivity contribution in [3.8, 4) is 0 Å². The molecule has 2 atom stereocenters. The van der Waals surface area contributed by atoms with Crippen LogP contribution in [0.5, 0.6) is 0 Å². The van der Waals surface area contributed by atoms with E-state index in [1.807, 2.05) is 36.4 Å². The van der Waals surface area contributed by atoms with Crippen molar-refractivity contribution in [1.82, 2.24) is 0 Å². The number of fused-ring (bicyclic) bond motifs is 1. The molecule has 0 radical (unpaired) electrons. The van der Waals surface area contributed by atoms with Crippen LogP contribution in [0.3, 0.4) is 0 Å².